The molecule has 6 nitrogen and oxygen atoms in total. The summed E-state index contributed by atoms with van der Waals surface area (Å²) < 4.78 is 0. The summed E-state index contributed by atoms with van der Waals surface area (Å²) in [6.07, 6.45) is 2.03. The molecule has 17 heavy (non-hydrogen) atoms. The van der Waals surface area contributed by atoms with E-state index in [0.29, 0.717) is 25.1 Å². The Morgan fingerprint density at radius 3 is 2.47 bits per heavy atom. The molecule has 1 aromatic rings. The van der Waals surface area contributed by atoms with Crippen LogP contribution in [0.5, 0.6) is 0 Å². The Morgan fingerprint density at radius 1 is 1.41 bits per heavy atom. The minimum absolute atomic E-state index is 0.0865. The molecule has 0 aromatic carbocycles. The molecule has 0 unspecified atom stereocenters. The van der Waals surface area contributed by atoms with E-state index in [4.69, 9.17) is 0 Å². The minimum Gasteiger partial charge on any atom is -0.394 e. The summed E-state index contributed by atoms with van der Waals surface area (Å²) in [6.45, 7) is 5.69. The van der Waals surface area contributed by atoms with Crippen LogP contribution < -0.4 is 5.32 Å². The van der Waals surface area contributed by atoms with Gasteiger partial charge in [0, 0.05) is 6.42 Å². The Kier molecular flexibility index (Phi) is 4.62. The molecule has 6 heteroatoms. The van der Waals surface area contributed by atoms with Crippen molar-refractivity contribution in [2.24, 2.45) is 0 Å². The largest absolute Gasteiger partial charge is 0.394 e. The Labute approximate surface area is 101 Å². The number of hydrogen-bond acceptors (Lipinski definition) is 4. The molecule has 1 aromatic heterocycles. The van der Waals surface area contributed by atoms with Crippen molar-refractivity contribution in [2.75, 3.05) is 6.61 Å². The van der Waals surface area contributed by atoms with Gasteiger partial charge in [-0.1, -0.05) is 20.8 Å². The third kappa shape index (κ3) is 3.03. The number of nitrogens with one attached hydrogen (secondary N) is 2. The average Bonchev–Trinajstić information content (AvgIpc) is 2.85. The lowest BCUT2D eigenvalue weighted by Gasteiger charge is -2.30. The molecule has 0 bridgehead atoms. The van der Waals surface area contributed by atoms with Gasteiger partial charge in [0.1, 0.15) is 5.82 Å². The van der Waals surface area contributed by atoms with Gasteiger partial charge in [0.25, 0.3) is 5.91 Å². The van der Waals surface area contributed by atoms with Crippen LogP contribution in [0.4, 0.5) is 0 Å². The monoisotopic (exact) mass is 240 g/mol. The molecule has 3 N–H and O–H groups in total. The number of aromatic amines is 1. The Morgan fingerprint density at radius 2 is 2.06 bits per heavy atom. The van der Waals surface area contributed by atoms with Gasteiger partial charge in [-0.3, -0.25) is 9.89 Å². The van der Waals surface area contributed by atoms with E-state index < -0.39 is 5.54 Å². The van der Waals surface area contributed by atoms with Crippen molar-refractivity contribution in [1.82, 2.24) is 20.5 Å². The maximum Gasteiger partial charge on any atom is 0.291 e. The lowest BCUT2D eigenvalue weighted by molar-refractivity contribution is 0.0807. The summed E-state index contributed by atoms with van der Waals surface area (Å²) in [5.74, 6) is 0.457. The Bertz CT molecular complexity index is 363. The van der Waals surface area contributed by atoms with Crippen LogP contribution in [0.25, 0.3) is 0 Å². The van der Waals surface area contributed by atoms with E-state index in [2.05, 4.69) is 20.5 Å². The van der Waals surface area contributed by atoms with Gasteiger partial charge < -0.3 is 10.4 Å². The fourth-order valence-corrected chi connectivity index (χ4v) is 1.54. The molecular weight excluding hydrogens is 220 g/mol. The highest BCUT2D eigenvalue weighted by molar-refractivity contribution is 5.90. The van der Waals surface area contributed by atoms with E-state index in [1.54, 1.807) is 0 Å². The van der Waals surface area contributed by atoms with Gasteiger partial charge in [-0.05, 0) is 12.8 Å². The molecule has 96 valence electrons. The number of nitrogens with zero attached hydrogens (tertiary/aromatic N) is 2. The van der Waals surface area contributed by atoms with E-state index in [9.17, 15) is 9.90 Å². The lowest BCUT2D eigenvalue weighted by atomic mass is 9.94. The normalized spacial score (nSPS) is 11.5. The Balaban J connectivity index is 2.77. The maximum absolute atomic E-state index is 11.9. The first-order valence-electron chi connectivity index (χ1n) is 5.95. The standard InChI is InChI=1S/C11H20N4O2/c1-4-8-12-9(15-14-8)10(17)13-11(5-2,6-3)7-16/h16H,4-7H2,1-3H3,(H,13,17)(H,12,14,15). The minimum atomic E-state index is -0.579. The number of aliphatic hydroxyl groups is 1. The van der Waals surface area contributed by atoms with Crippen molar-refractivity contribution in [1.29, 1.82) is 0 Å². The molecule has 0 saturated heterocycles. The number of H-pyrrole nitrogens is 1. The van der Waals surface area contributed by atoms with Crippen molar-refractivity contribution >= 4 is 5.91 Å². The first-order valence-corrected chi connectivity index (χ1v) is 5.95. The average molecular weight is 240 g/mol. The van der Waals surface area contributed by atoms with E-state index in [1.165, 1.54) is 0 Å². The zero-order valence-corrected chi connectivity index (χ0v) is 10.6. The van der Waals surface area contributed by atoms with Gasteiger partial charge >= 0.3 is 0 Å². The molecule has 0 saturated carbocycles. The van der Waals surface area contributed by atoms with Crippen LogP contribution in [-0.4, -0.2) is 38.3 Å². The van der Waals surface area contributed by atoms with Gasteiger partial charge in [0.2, 0.25) is 5.82 Å². The molecule has 0 fully saturated rings. The molecule has 0 radical (unpaired) electrons. The van der Waals surface area contributed by atoms with E-state index in [1.807, 2.05) is 20.8 Å². The smallest absolute Gasteiger partial charge is 0.291 e. The first-order chi connectivity index (χ1) is 8.10. The van der Waals surface area contributed by atoms with Crippen molar-refractivity contribution in [3.8, 4) is 0 Å². The SMILES string of the molecule is CCc1nc(C(=O)NC(CC)(CC)CO)n[nH]1. The second-order valence-corrected chi connectivity index (χ2v) is 4.06. The molecule has 0 spiro atoms. The maximum atomic E-state index is 11.9. The number of aromatic nitrogens is 3. The molecule has 1 rings (SSSR count). The van der Waals surface area contributed by atoms with Gasteiger partial charge in [0.05, 0.1) is 12.1 Å². The highest BCUT2D eigenvalue weighted by atomic mass is 16.3. The molecule has 0 aliphatic rings. The number of hydrogen-bond donors (Lipinski definition) is 3. The van der Waals surface area contributed by atoms with Crippen LogP contribution >= 0.6 is 0 Å². The number of rotatable bonds is 6. The van der Waals surface area contributed by atoms with E-state index >= 15 is 0 Å². The predicted octanol–water partition coefficient (Wildman–Crippen LogP) is 0.648. The fourth-order valence-electron chi connectivity index (χ4n) is 1.54. The third-order valence-electron chi connectivity index (χ3n) is 3.10. The summed E-state index contributed by atoms with van der Waals surface area (Å²) in [6, 6.07) is 0. The number of aryl methyl sites for hydroxylation is 1. The van der Waals surface area contributed by atoms with Gasteiger partial charge in [0.15, 0.2) is 0 Å². The second kappa shape index (κ2) is 5.77. The summed E-state index contributed by atoms with van der Waals surface area (Å²) in [7, 11) is 0. The summed E-state index contributed by atoms with van der Waals surface area (Å²) >= 11 is 0. The van der Waals surface area contributed by atoms with E-state index in [-0.39, 0.29) is 18.3 Å². The molecule has 1 heterocycles. The molecule has 0 aliphatic heterocycles. The summed E-state index contributed by atoms with van der Waals surface area (Å²) in [5.41, 5.74) is -0.579. The highest BCUT2D eigenvalue weighted by Gasteiger charge is 2.28. The van der Waals surface area contributed by atoms with Crippen LogP contribution in [0.2, 0.25) is 0 Å². The second-order valence-electron chi connectivity index (χ2n) is 4.06. The molecular formula is C11H20N4O2. The highest BCUT2D eigenvalue weighted by Crippen LogP contribution is 2.14. The van der Waals surface area contributed by atoms with Crippen LogP contribution in [0.15, 0.2) is 0 Å². The zero-order chi connectivity index (χ0) is 12.9. The van der Waals surface area contributed by atoms with Crippen molar-refractivity contribution in [3.05, 3.63) is 11.6 Å². The summed E-state index contributed by atoms with van der Waals surface area (Å²) in [4.78, 5) is 16.0. The van der Waals surface area contributed by atoms with Crippen LogP contribution in [0, 0.1) is 0 Å². The summed E-state index contributed by atoms with van der Waals surface area (Å²) in [5, 5.41) is 18.7. The van der Waals surface area contributed by atoms with Crippen LogP contribution in [0.1, 0.15) is 50.1 Å². The molecule has 1 amide bonds. The van der Waals surface area contributed by atoms with Gasteiger partial charge in [-0.15, -0.1) is 5.10 Å². The topological polar surface area (TPSA) is 90.9 Å². The quantitative estimate of drug-likeness (QED) is 0.680. The van der Waals surface area contributed by atoms with Crippen molar-refractivity contribution < 1.29 is 9.90 Å². The van der Waals surface area contributed by atoms with Crippen molar-refractivity contribution in [2.45, 2.75) is 45.6 Å². The van der Waals surface area contributed by atoms with Crippen LogP contribution in [-0.2, 0) is 6.42 Å². The zero-order valence-electron chi connectivity index (χ0n) is 10.6. The van der Waals surface area contributed by atoms with Gasteiger partial charge in [-0.25, -0.2) is 4.98 Å². The number of carbonyl (C=O) groups excluding carboxylic acids is 1. The predicted molar refractivity (Wildman–Crippen MR) is 63.6 cm³/mol. The van der Waals surface area contributed by atoms with Crippen molar-refractivity contribution in [3.63, 3.8) is 0 Å². The lowest BCUT2D eigenvalue weighted by Crippen LogP contribution is -2.50. The third-order valence-corrected chi connectivity index (χ3v) is 3.10. The first kappa shape index (κ1) is 13.6. The Hall–Kier alpha value is -1.43. The van der Waals surface area contributed by atoms with Gasteiger partial charge in [-0.2, -0.15) is 0 Å². The number of carbonyl (C=O) groups is 1. The number of amides is 1. The molecule has 0 aliphatic carbocycles. The fraction of sp³-hybridized carbons (Fsp3) is 0.727. The molecule has 0 atom stereocenters. The van der Waals surface area contributed by atoms with Crippen LogP contribution in [0.3, 0.4) is 0 Å². The van der Waals surface area contributed by atoms with E-state index in [0.717, 1.165) is 0 Å². The number of aliphatic hydroxyl groups excluding tert-OH is 1.